The number of amides is 1. The number of nitrogens with one attached hydrogen (secondary N) is 5. The summed E-state index contributed by atoms with van der Waals surface area (Å²) in [6.07, 6.45) is 8.36. The first-order valence-corrected chi connectivity index (χ1v) is 14.0. The van der Waals surface area contributed by atoms with Gasteiger partial charge in [0.25, 0.3) is 0 Å². The van der Waals surface area contributed by atoms with Gasteiger partial charge < -0.3 is 20.6 Å². The van der Waals surface area contributed by atoms with Crippen LogP contribution in [0.3, 0.4) is 0 Å². The minimum Gasteiger partial charge on any atom is -0.389 e. The second kappa shape index (κ2) is 10.5. The molecule has 0 aromatic heterocycles. The van der Waals surface area contributed by atoms with E-state index in [2.05, 4.69) is 72.9 Å². The molecular weight excluding hydrogens is 468 g/mol. The Morgan fingerprint density at radius 3 is 2.70 bits per heavy atom. The minimum atomic E-state index is -0.774. The van der Waals surface area contributed by atoms with E-state index in [0.29, 0.717) is 13.1 Å². The van der Waals surface area contributed by atoms with Gasteiger partial charge in [-0.3, -0.25) is 25.8 Å². The molecule has 1 aromatic carbocycles. The van der Waals surface area contributed by atoms with Gasteiger partial charge in [0.2, 0.25) is 5.91 Å². The molecule has 1 amide bonds. The van der Waals surface area contributed by atoms with Crippen LogP contribution in [0.15, 0.2) is 36.4 Å². The van der Waals surface area contributed by atoms with Gasteiger partial charge in [-0.2, -0.15) is 5.01 Å². The molecule has 6 atom stereocenters. The Morgan fingerprint density at radius 2 is 1.89 bits per heavy atom. The van der Waals surface area contributed by atoms with Crippen LogP contribution in [-0.4, -0.2) is 90.6 Å². The van der Waals surface area contributed by atoms with Crippen LogP contribution in [-0.2, 0) is 4.79 Å². The van der Waals surface area contributed by atoms with E-state index in [-0.39, 0.29) is 36.5 Å². The number of piperidine rings is 1. The van der Waals surface area contributed by atoms with Crippen LogP contribution in [0, 0.1) is 5.92 Å². The summed E-state index contributed by atoms with van der Waals surface area (Å²) in [5.74, 6) is -0.00410. The van der Waals surface area contributed by atoms with E-state index in [9.17, 15) is 9.90 Å². The first-order chi connectivity index (χ1) is 18.0. The third-order valence-electron chi connectivity index (χ3n) is 8.75. The number of carbonyl (C=O) groups excluding carboxylic acids is 1. The molecule has 10 nitrogen and oxygen atoms in total. The van der Waals surface area contributed by atoms with Gasteiger partial charge in [-0.1, -0.05) is 12.2 Å². The summed E-state index contributed by atoms with van der Waals surface area (Å²) in [4.78, 5) is 15.9. The molecule has 202 valence electrons. The number of piperazine rings is 1. The number of fused-ring (bicyclic) bond motifs is 6. The molecular formula is C27H42N8O2. The molecule has 5 aliphatic heterocycles. The number of aliphatic hydroxyl groups is 1. The predicted molar refractivity (Wildman–Crippen MR) is 144 cm³/mol. The molecule has 6 rings (SSSR count). The highest BCUT2D eigenvalue weighted by Gasteiger charge is 2.52. The second-order valence-electron chi connectivity index (χ2n) is 11.3. The highest BCUT2D eigenvalue weighted by atomic mass is 16.3. The summed E-state index contributed by atoms with van der Waals surface area (Å²) in [6.45, 7) is 7.22. The van der Waals surface area contributed by atoms with Crippen molar-refractivity contribution >= 4 is 17.3 Å². The van der Waals surface area contributed by atoms with E-state index in [1.165, 1.54) is 5.69 Å². The standard InChI is InChI=1S/C27H42N8O2/c1-27(37)12-3-2-4-15-34-25(36)21-18-29-26(32-24(21)35(34)23-7-5-6-22(27)31-23)30-19-8-10-20(11-9-19)33-16-13-28-14-17-33/h2,4,8-11,21-24,26,28-32,37H,3,5-7,12-18H2,1H3/b4-2-/t21?,22?,23?,24?,26?,27-/m0/s1. The number of rotatable bonds is 3. The lowest BCUT2D eigenvalue weighted by Gasteiger charge is -2.47. The zero-order chi connectivity index (χ0) is 25.4. The average molecular weight is 511 g/mol. The fourth-order valence-corrected chi connectivity index (χ4v) is 6.59. The quantitative estimate of drug-likeness (QED) is 0.325. The van der Waals surface area contributed by atoms with Crippen molar-refractivity contribution in [3.05, 3.63) is 36.4 Å². The number of carbonyl (C=O) groups is 1. The smallest absolute Gasteiger partial charge is 0.244 e. The second-order valence-corrected chi connectivity index (χ2v) is 11.3. The van der Waals surface area contributed by atoms with Crippen molar-refractivity contribution in [1.82, 2.24) is 31.3 Å². The third-order valence-corrected chi connectivity index (χ3v) is 8.75. The Labute approximate surface area is 219 Å². The Bertz CT molecular complexity index is 979. The van der Waals surface area contributed by atoms with E-state index >= 15 is 0 Å². The van der Waals surface area contributed by atoms with Gasteiger partial charge in [0, 0.05) is 50.1 Å². The van der Waals surface area contributed by atoms with Crippen LogP contribution >= 0.6 is 0 Å². The molecule has 0 saturated carbocycles. The normalized spacial score (nSPS) is 37.9. The predicted octanol–water partition coefficient (Wildman–Crippen LogP) is 0.555. The van der Waals surface area contributed by atoms with Gasteiger partial charge in [-0.15, -0.1) is 0 Å². The van der Waals surface area contributed by atoms with Crippen molar-refractivity contribution in [1.29, 1.82) is 0 Å². The van der Waals surface area contributed by atoms with Crippen LogP contribution in [0.5, 0.6) is 0 Å². The van der Waals surface area contributed by atoms with E-state index in [0.717, 1.165) is 64.0 Å². The van der Waals surface area contributed by atoms with Crippen molar-refractivity contribution in [2.24, 2.45) is 5.92 Å². The van der Waals surface area contributed by atoms with E-state index in [1.54, 1.807) is 0 Å². The number of nitrogens with zero attached hydrogens (tertiary/aromatic N) is 3. The third kappa shape index (κ3) is 5.10. The highest BCUT2D eigenvalue weighted by molar-refractivity contribution is 5.82. The molecule has 5 aliphatic rings. The first-order valence-electron chi connectivity index (χ1n) is 14.0. The van der Waals surface area contributed by atoms with Gasteiger partial charge in [-0.25, -0.2) is 0 Å². The number of hydrogen-bond acceptors (Lipinski definition) is 9. The van der Waals surface area contributed by atoms with Gasteiger partial charge in [-0.05, 0) is 63.3 Å². The fourth-order valence-electron chi connectivity index (χ4n) is 6.59. The SMILES string of the molecule is C[C@]1(O)CC/C=C\CN2C(=O)C3CNC(Nc4ccc(N5CCNCC5)cc4)NC3N2C2CCCC1N2. The topological polar surface area (TPSA) is 107 Å². The number of allylic oxidation sites excluding steroid dienone is 1. The Morgan fingerprint density at radius 1 is 1.08 bits per heavy atom. The highest BCUT2D eigenvalue weighted by Crippen LogP contribution is 2.34. The van der Waals surface area contributed by atoms with Gasteiger partial charge in [0.15, 0.2) is 0 Å². The van der Waals surface area contributed by atoms with Crippen molar-refractivity contribution in [2.75, 3.05) is 49.5 Å². The summed E-state index contributed by atoms with van der Waals surface area (Å²) in [6, 6.07) is 8.63. The van der Waals surface area contributed by atoms with Crippen LogP contribution in [0.25, 0.3) is 0 Å². The zero-order valence-corrected chi connectivity index (χ0v) is 21.8. The van der Waals surface area contributed by atoms with Gasteiger partial charge in [0.05, 0.1) is 30.4 Å². The summed E-state index contributed by atoms with van der Waals surface area (Å²) in [7, 11) is 0. The lowest BCUT2D eigenvalue weighted by Crippen LogP contribution is -2.69. The van der Waals surface area contributed by atoms with Crippen LogP contribution in [0.2, 0.25) is 0 Å². The summed E-state index contributed by atoms with van der Waals surface area (Å²) < 4.78 is 0. The van der Waals surface area contributed by atoms with Crippen molar-refractivity contribution in [2.45, 2.75) is 69.3 Å². The van der Waals surface area contributed by atoms with Crippen molar-refractivity contribution in [3.8, 4) is 0 Å². The molecule has 0 spiro atoms. The maximum Gasteiger partial charge on any atom is 0.244 e. The number of benzene rings is 1. The molecule has 1 aromatic rings. The maximum atomic E-state index is 13.5. The van der Waals surface area contributed by atoms with Crippen molar-refractivity contribution in [3.63, 3.8) is 0 Å². The molecule has 0 radical (unpaired) electrons. The van der Waals surface area contributed by atoms with Gasteiger partial charge in [0.1, 0.15) is 6.29 Å². The molecule has 6 N–H and O–H groups in total. The monoisotopic (exact) mass is 510 g/mol. The maximum absolute atomic E-state index is 13.5. The Hall–Kier alpha value is -2.21. The molecule has 37 heavy (non-hydrogen) atoms. The lowest BCUT2D eigenvalue weighted by molar-refractivity contribution is -0.146. The Balaban J connectivity index is 1.18. The van der Waals surface area contributed by atoms with Crippen molar-refractivity contribution < 1.29 is 9.90 Å². The largest absolute Gasteiger partial charge is 0.389 e. The Kier molecular flexibility index (Phi) is 7.13. The van der Waals surface area contributed by atoms with E-state index in [4.69, 9.17) is 0 Å². The molecule has 4 saturated heterocycles. The molecule has 0 aliphatic carbocycles. The van der Waals surface area contributed by atoms with Crippen LogP contribution in [0.1, 0.15) is 39.0 Å². The number of hydrazine groups is 1. The van der Waals surface area contributed by atoms with E-state index in [1.807, 2.05) is 11.9 Å². The summed E-state index contributed by atoms with van der Waals surface area (Å²) in [5, 5.41) is 33.3. The molecule has 5 heterocycles. The van der Waals surface area contributed by atoms with Crippen LogP contribution in [0.4, 0.5) is 11.4 Å². The molecule has 2 bridgehead atoms. The van der Waals surface area contributed by atoms with Gasteiger partial charge >= 0.3 is 0 Å². The average Bonchev–Trinajstić information content (AvgIpc) is 3.19. The minimum absolute atomic E-state index is 0.000223. The molecule has 10 heteroatoms. The number of hydrogen-bond donors (Lipinski definition) is 6. The summed E-state index contributed by atoms with van der Waals surface area (Å²) >= 11 is 0. The zero-order valence-electron chi connectivity index (χ0n) is 21.8. The number of anilines is 2. The lowest BCUT2D eigenvalue weighted by atomic mass is 9.85. The molecule has 5 unspecified atom stereocenters. The molecule has 4 fully saturated rings. The van der Waals surface area contributed by atoms with Crippen LogP contribution < -0.4 is 31.5 Å². The van der Waals surface area contributed by atoms with E-state index < -0.39 is 5.60 Å². The fraction of sp³-hybridized carbons (Fsp3) is 0.667. The first kappa shape index (κ1) is 25.1. The summed E-state index contributed by atoms with van der Waals surface area (Å²) in [5.41, 5.74) is 1.51.